The van der Waals surface area contributed by atoms with Crippen LogP contribution in [-0.4, -0.2) is 84.0 Å². The zero-order valence-electron chi connectivity index (χ0n) is 11.3. The van der Waals surface area contributed by atoms with Gasteiger partial charge in [-0.2, -0.15) is 0 Å². The first-order valence-electron chi connectivity index (χ1n) is 6.51. The minimum Gasteiger partial charge on any atom is -0.480 e. The van der Waals surface area contributed by atoms with E-state index in [-0.39, 0.29) is 12.5 Å². The van der Waals surface area contributed by atoms with Gasteiger partial charge in [0, 0.05) is 39.3 Å². The van der Waals surface area contributed by atoms with Gasteiger partial charge in [0.15, 0.2) is 0 Å². The Hall–Kier alpha value is -1.14. The van der Waals surface area contributed by atoms with E-state index in [9.17, 15) is 9.59 Å². The van der Waals surface area contributed by atoms with E-state index in [1.165, 1.54) is 0 Å². The van der Waals surface area contributed by atoms with Gasteiger partial charge < -0.3 is 10.0 Å². The number of hydrogen-bond acceptors (Lipinski definition) is 4. The van der Waals surface area contributed by atoms with Crippen LogP contribution < -0.4 is 0 Å². The zero-order valence-corrected chi connectivity index (χ0v) is 11.3. The molecule has 0 aromatic heterocycles. The molecule has 0 atom stereocenters. The van der Waals surface area contributed by atoms with E-state index in [0.29, 0.717) is 6.54 Å². The predicted octanol–water partition coefficient (Wildman–Crippen LogP) is -0.443. The normalized spacial score (nSPS) is 17.7. The highest BCUT2D eigenvalue weighted by Crippen LogP contribution is 2.02. The fourth-order valence-corrected chi connectivity index (χ4v) is 2.16. The summed E-state index contributed by atoms with van der Waals surface area (Å²) in [5, 5.41) is 8.70. The van der Waals surface area contributed by atoms with Gasteiger partial charge in [-0.05, 0) is 13.8 Å². The van der Waals surface area contributed by atoms with Crippen LogP contribution in [0.4, 0.5) is 0 Å². The zero-order chi connectivity index (χ0) is 13.5. The second kappa shape index (κ2) is 7.33. The SMILES string of the molecule is CCN(CC)C(=O)CN1CCN(CC(=O)O)CC1. The molecule has 1 saturated heterocycles. The number of aliphatic carboxylic acids is 1. The van der Waals surface area contributed by atoms with E-state index >= 15 is 0 Å². The van der Waals surface area contributed by atoms with Crippen LogP contribution >= 0.6 is 0 Å². The first-order valence-corrected chi connectivity index (χ1v) is 6.51. The van der Waals surface area contributed by atoms with Gasteiger partial charge in [-0.3, -0.25) is 19.4 Å². The highest BCUT2D eigenvalue weighted by molar-refractivity contribution is 5.78. The Kier molecular flexibility index (Phi) is 6.07. The van der Waals surface area contributed by atoms with Gasteiger partial charge in [0.25, 0.3) is 0 Å². The summed E-state index contributed by atoms with van der Waals surface area (Å²) in [7, 11) is 0. The molecule has 1 aliphatic rings. The monoisotopic (exact) mass is 257 g/mol. The Morgan fingerprint density at radius 2 is 1.44 bits per heavy atom. The number of likely N-dealkylation sites (N-methyl/N-ethyl adjacent to an activating group) is 1. The van der Waals surface area contributed by atoms with Gasteiger partial charge in [-0.1, -0.05) is 0 Å². The molecule has 0 aromatic carbocycles. The standard InChI is InChI=1S/C12H23N3O3/c1-3-15(4-2)11(16)9-13-5-7-14(8-6-13)10-12(17)18/h3-10H2,1-2H3,(H,17,18). The van der Waals surface area contributed by atoms with Crippen molar-refractivity contribution in [1.29, 1.82) is 0 Å². The van der Waals surface area contributed by atoms with Crippen LogP contribution in [-0.2, 0) is 9.59 Å². The number of amides is 1. The lowest BCUT2D eigenvalue weighted by atomic mass is 10.3. The minimum absolute atomic E-state index is 0.0951. The summed E-state index contributed by atoms with van der Waals surface area (Å²) < 4.78 is 0. The molecule has 1 heterocycles. The van der Waals surface area contributed by atoms with Crippen molar-refractivity contribution < 1.29 is 14.7 Å². The van der Waals surface area contributed by atoms with Crippen molar-refractivity contribution in [2.75, 3.05) is 52.4 Å². The third kappa shape index (κ3) is 4.62. The number of carboxylic acids is 1. The molecule has 1 rings (SSSR count). The molecular weight excluding hydrogens is 234 g/mol. The Morgan fingerprint density at radius 1 is 1.00 bits per heavy atom. The summed E-state index contributed by atoms with van der Waals surface area (Å²) in [5.41, 5.74) is 0. The van der Waals surface area contributed by atoms with Gasteiger partial charge in [0.2, 0.25) is 5.91 Å². The summed E-state index contributed by atoms with van der Waals surface area (Å²) in [6, 6.07) is 0. The van der Waals surface area contributed by atoms with E-state index in [4.69, 9.17) is 5.11 Å². The van der Waals surface area contributed by atoms with E-state index < -0.39 is 5.97 Å². The third-order valence-electron chi connectivity index (χ3n) is 3.30. The molecule has 6 heteroatoms. The number of nitrogens with zero attached hydrogens (tertiary/aromatic N) is 3. The molecule has 1 amide bonds. The Labute approximate surface area is 108 Å². The van der Waals surface area contributed by atoms with Crippen LogP contribution in [0.3, 0.4) is 0 Å². The average Bonchev–Trinajstić information content (AvgIpc) is 2.32. The van der Waals surface area contributed by atoms with Gasteiger partial charge in [0.05, 0.1) is 13.1 Å². The Balaban J connectivity index is 2.31. The molecule has 1 aliphatic heterocycles. The topological polar surface area (TPSA) is 64.1 Å². The molecule has 0 aliphatic carbocycles. The van der Waals surface area contributed by atoms with Gasteiger partial charge in [-0.15, -0.1) is 0 Å². The second-order valence-electron chi connectivity index (χ2n) is 4.51. The maximum atomic E-state index is 11.9. The molecular formula is C12H23N3O3. The summed E-state index contributed by atoms with van der Waals surface area (Å²) in [4.78, 5) is 28.3. The van der Waals surface area contributed by atoms with Gasteiger partial charge >= 0.3 is 5.97 Å². The smallest absolute Gasteiger partial charge is 0.317 e. The van der Waals surface area contributed by atoms with Crippen molar-refractivity contribution >= 4 is 11.9 Å². The molecule has 104 valence electrons. The van der Waals surface area contributed by atoms with Crippen LogP contribution in [0.5, 0.6) is 0 Å². The number of hydrogen-bond donors (Lipinski definition) is 1. The maximum absolute atomic E-state index is 11.9. The Morgan fingerprint density at radius 3 is 1.83 bits per heavy atom. The van der Waals surface area contributed by atoms with Crippen molar-refractivity contribution in [3.8, 4) is 0 Å². The number of carbonyl (C=O) groups is 2. The molecule has 6 nitrogen and oxygen atoms in total. The number of carbonyl (C=O) groups excluding carboxylic acids is 1. The molecule has 0 spiro atoms. The van der Waals surface area contributed by atoms with Crippen LogP contribution in [0.15, 0.2) is 0 Å². The first kappa shape index (κ1) is 14.9. The third-order valence-corrected chi connectivity index (χ3v) is 3.30. The van der Waals surface area contributed by atoms with E-state index in [1.807, 2.05) is 23.6 Å². The van der Waals surface area contributed by atoms with Crippen molar-refractivity contribution in [2.45, 2.75) is 13.8 Å². The van der Waals surface area contributed by atoms with Gasteiger partial charge in [0.1, 0.15) is 0 Å². The molecule has 0 unspecified atom stereocenters. The molecule has 1 fully saturated rings. The second-order valence-corrected chi connectivity index (χ2v) is 4.51. The Bertz CT molecular complexity index is 284. The molecule has 18 heavy (non-hydrogen) atoms. The van der Waals surface area contributed by atoms with Crippen LogP contribution in [0.25, 0.3) is 0 Å². The molecule has 1 N–H and O–H groups in total. The van der Waals surface area contributed by atoms with Gasteiger partial charge in [-0.25, -0.2) is 0 Å². The summed E-state index contributed by atoms with van der Waals surface area (Å²) in [6.45, 7) is 8.96. The fraction of sp³-hybridized carbons (Fsp3) is 0.833. The van der Waals surface area contributed by atoms with Crippen molar-refractivity contribution in [3.63, 3.8) is 0 Å². The summed E-state index contributed by atoms with van der Waals surface area (Å²) in [6.07, 6.45) is 0. The van der Waals surface area contributed by atoms with Crippen LogP contribution in [0, 0.1) is 0 Å². The molecule has 0 aromatic rings. The van der Waals surface area contributed by atoms with E-state index in [1.54, 1.807) is 0 Å². The molecule has 0 bridgehead atoms. The number of piperazine rings is 1. The van der Waals surface area contributed by atoms with Crippen LogP contribution in [0.1, 0.15) is 13.8 Å². The van der Waals surface area contributed by atoms with Crippen molar-refractivity contribution in [3.05, 3.63) is 0 Å². The number of carboxylic acid groups (broad SMARTS) is 1. The van der Waals surface area contributed by atoms with E-state index in [0.717, 1.165) is 39.3 Å². The summed E-state index contributed by atoms with van der Waals surface area (Å²) >= 11 is 0. The summed E-state index contributed by atoms with van der Waals surface area (Å²) in [5.74, 6) is -0.630. The van der Waals surface area contributed by atoms with Crippen LogP contribution in [0.2, 0.25) is 0 Å². The van der Waals surface area contributed by atoms with Crippen molar-refractivity contribution in [1.82, 2.24) is 14.7 Å². The number of rotatable bonds is 6. The quantitative estimate of drug-likeness (QED) is 0.699. The molecule has 0 saturated carbocycles. The predicted molar refractivity (Wildman–Crippen MR) is 68.4 cm³/mol. The van der Waals surface area contributed by atoms with Crippen molar-refractivity contribution in [2.24, 2.45) is 0 Å². The average molecular weight is 257 g/mol. The first-order chi connectivity index (χ1) is 8.56. The lowest BCUT2D eigenvalue weighted by Crippen LogP contribution is -2.51. The van der Waals surface area contributed by atoms with E-state index in [2.05, 4.69) is 4.90 Å². The maximum Gasteiger partial charge on any atom is 0.317 e. The lowest BCUT2D eigenvalue weighted by Gasteiger charge is -2.34. The molecule has 0 radical (unpaired) electrons. The highest BCUT2D eigenvalue weighted by Gasteiger charge is 2.21. The largest absolute Gasteiger partial charge is 0.480 e. The highest BCUT2D eigenvalue weighted by atomic mass is 16.4. The fourth-order valence-electron chi connectivity index (χ4n) is 2.16. The minimum atomic E-state index is -0.789. The lowest BCUT2D eigenvalue weighted by molar-refractivity contribution is -0.139.